The van der Waals surface area contributed by atoms with Gasteiger partial charge in [0.25, 0.3) is 11.8 Å². The maximum absolute atomic E-state index is 14.6. The number of nitrogens with zero attached hydrogens (tertiary/aromatic N) is 4. The second kappa shape index (κ2) is 5.09. The Morgan fingerprint density at radius 3 is 2.21 bits per heavy atom. The average Bonchev–Trinajstić information content (AvgIpc) is 3.11. The van der Waals surface area contributed by atoms with Crippen molar-refractivity contribution in [2.75, 3.05) is 4.90 Å². The maximum atomic E-state index is 14.6. The van der Waals surface area contributed by atoms with Gasteiger partial charge in [-0.25, -0.2) is 14.0 Å². The van der Waals surface area contributed by atoms with Crippen molar-refractivity contribution in [3.63, 3.8) is 0 Å². The molecule has 0 saturated carbocycles. The zero-order chi connectivity index (χ0) is 16.8. The van der Waals surface area contributed by atoms with Crippen molar-refractivity contribution >= 4 is 17.5 Å². The van der Waals surface area contributed by atoms with Gasteiger partial charge in [-0.05, 0) is 31.2 Å². The van der Waals surface area contributed by atoms with Gasteiger partial charge in [0, 0.05) is 6.07 Å². The minimum atomic E-state index is -0.685. The minimum Gasteiger partial charge on any atom is -0.268 e. The van der Waals surface area contributed by atoms with Gasteiger partial charge in [0.15, 0.2) is 0 Å². The Bertz CT molecular complexity index is 961. The monoisotopic (exact) mass is 322 g/mol. The number of imide groups is 1. The van der Waals surface area contributed by atoms with E-state index >= 15 is 0 Å². The molecule has 0 unspecified atom stereocenters. The number of halogens is 1. The minimum absolute atomic E-state index is 0.0817. The number of fused-ring (bicyclic) bond motifs is 1. The molecule has 1 aliphatic rings. The highest BCUT2D eigenvalue weighted by Gasteiger charge is 2.37. The van der Waals surface area contributed by atoms with Crippen LogP contribution >= 0.6 is 0 Å². The number of aromatic nitrogens is 3. The molecule has 2 heterocycles. The topological polar surface area (TPSA) is 68.1 Å². The number of benzene rings is 2. The molecule has 0 spiro atoms. The Morgan fingerprint density at radius 2 is 1.67 bits per heavy atom. The first kappa shape index (κ1) is 14.3. The van der Waals surface area contributed by atoms with Crippen molar-refractivity contribution in [1.29, 1.82) is 0 Å². The fourth-order valence-corrected chi connectivity index (χ4v) is 2.70. The summed E-state index contributed by atoms with van der Waals surface area (Å²) in [5, 5.41) is 7.71. The Hall–Kier alpha value is -3.35. The third-order valence-electron chi connectivity index (χ3n) is 3.84. The first-order valence-corrected chi connectivity index (χ1v) is 7.23. The van der Waals surface area contributed by atoms with Crippen molar-refractivity contribution in [2.45, 2.75) is 6.92 Å². The molecular weight excluding hydrogens is 311 g/mol. The second-order valence-corrected chi connectivity index (χ2v) is 5.43. The molecule has 7 heteroatoms. The molecule has 0 atom stereocenters. The average molecular weight is 322 g/mol. The van der Waals surface area contributed by atoms with Crippen molar-refractivity contribution in [3.05, 3.63) is 71.3 Å². The molecule has 0 aliphatic carbocycles. The molecule has 1 aliphatic heterocycles. The normalized spacial score (nSPS) is 13.5. The van der Waals surface area contributed by atoms with Gasteiger partial charge in [0.1, 0.15) is 5.82 Å². The standard InChI is InChI=1S/C17H11FN4O2/c1-10-9-21(20-19-10)11-6-7-15(14(18)8-11)22-16(23)12-4-2-3-5-13(12)17(22)24/h2-9H,1H3. The Kier molecular flexibility index (Phi) is 3.02. The van der Waals surface area contributed by atoms with Gasteiger partial charge in [0.05, 0.1) is 34.4 Å². The van der Waals surface area contributed by atoms with Crippen molar-refractivity contribution in [1.82, 2.24) is 15.0 Å². The molecule has 1 aromatic heterocycles. The van der Waals surface area contributed by atoms with Crippen LogP contribution in [0, 0.1) is 12.7 Å². The molecule has 0 radical (unpaired) electrons. The largest absolute Gasteiger partial charge is 0.268 e. The second-order valence-electron chi connectivity index (χ2n) is 5.43. The lowest BCUT2D eigenvalue weighted by atomic mass is 10.1. The van der Waals surface area contributed by atoms with Crippen LogP contribution in [-0.4, -0.2) is 26.8 Å². The van der Waals surface area contributed by atoms with Gasteiger partial charge >= 0.3 is 0 Å². The van der Waals surface area contributed by atoms with E-state index < -0.39 is 17.6 Å². The lowest BCUT2D eigenvalue weighted by Gasteiger charge is -2.15. The zero-order valence-corrected chi connectivity index (χ0v) is 12.6. The van der Waals surface area contributed by atoms with Crippen LogP contribution in [0.5, 0.6) is 0 Å². The summed E-state index contributed by atoms with van der Waals surface area (Å²) < 4.78 is 16.0. The molecule has 24 heavy (non-hydrogen) atoms. The SMILES string of the molecule is Cc1cn(-c2ccc(N3C(=O)c4ccccc4C3=O)c(F)c2)nn1. The number of rotatable bonds is 2. The molecule has 0 saturated heterocycles. The van der Waals surface area contributed by atoms with Crippen LogP contribution in [0.25, 0.3) is 5.69 Å². The molecule has 0 bridgehead atoms. The lowest BCUT2D eigenvalue weighted by molar-refractivity contribution is 0.0925. The van der Waals surface area contributed by atoms with Crippen LogP contribution in [0.4, 0.5) is 10.1 Å². The predicted molar refractivity (Wildman–Crippen MR) is 83.6 cm³/mol. The Labute approximate surface area is 136 Å². The number of carbonyl (C=O) groups excluding carboxylic acids is 2. The predicted octanol–water partition coefficient (Wildman–Crippen LogP) is 2.52. The third-order valence-corrected chi connectivity index (χ3v) is 3.84. The first-order valence-electron chi connectivity index (χ1n) is 7.23. The van der Waals surface area contributed by atoms with Crippen LogP contribution in [0.1, 0.15) is 26.4 Å². The fourth-order valence-electron chi connectivity index (χ4n) is 2.70. The Morgan fingerprint density at radius 1 is 1.00 bits per heavy atom. The number of carbonyl (C=O) groups is 2. The van der Waals surface area contributed by atoms with Crippen LogP contribution < -0.4 is 4.90 Å². The van der Waals surface area contributed by atoms with E-state index in [4.69, 9.17) is 0 Å². The molecule has 6 nitrogen and oxygen atoms in total. The molecule has 2 aromatic carbocycles. The van der Waals surface area contributed by atoms with Crippen molar-refractivity contribution < 1.29 is 14.0 Å². The number of anilines is 1. The van der Waals surface area contributed by atoms with Crippen LogP contribution in [0.2, 0.25) is 0 Å². The quantitative estimate of drug-likeness (QED) is 0.680. The molecule has 118 valence electrons. The fraction of sp³-hybridized carbons (Fsp3) is 0.0588. The summed E-state index contributed by atoms with van der Waals surface area (Å²) >= 11 is 0. The summed E-state index contributed by atoms with van der Waals surface area (Å²) in [7, 11) is 0. The van der Waals surface area contributed by atoms with E-state index in [2.05, 4.69) is 10.3 Å². The maximum Gasteiger partial charge on any atom is 0.266 e. The number of hydrogen-bond acceptors (Lipinski definition) is 4. The molecule has 2 amide bonds. The molecule has 4 rings (SSSR count). The van der Waals surface area contributed by atoms with Gasteiger partial charge in [-0.15, -0.1) is 5.10 Å². The summed E-state index contributed by atoms with van der Waals surface area (Å²) in [4.78, 5) is 25.7. The van der Waals surface area contributed by atoms with Gasteiger partial charge in [-0.1, -0.05) is 17.3 Å². The number of hydrogen-bond donors (Lipinski definition) is 0. The van der Waals surface area contributed by atoms with Crippen LogP contribution in [0.3, 0.4) is 0 Å². The van der Waals surface area contributed by atoms with E-state index in [1.54, 1.807) is 43.5 Å². The number of amides is 2. The highest BCUT2D eigenvalue weighted by molar-refractivity contribution is 6.34. The van der Waals surface area contributed by atoms with Crippen molar-refractivity contribution in [2.24, 2.45) is 0 Å². The summed E-state index contributed by atoms with van der Waals surface area (Å²) in [5.74, 6) is -1.74. The van der Waals surface area contributed by atoms with Gasteiger partial charge in [0.2, 0.25) is 0 Å². The third kappa shape index (κ3) is 2.02. The van der Waals surface area contributed by atoms with E-state index in [1.165, 1.54) is 16.8 Å². The van der Waals surface area contributed by atoms with Crippen LogP contribution in [0.15, 0.2) is 48.7 Å². The summed E-state index contributed by atoms with van der Waals surface area (Å²) in [5.41, 5.74) is 1.62. The van der Waals surface area contributed by atoms with Crippen LogP contribution in [-0.2, 0) is 0 Å². The first-order chi connectivity index (χ1) is 11.6. The highest BCUT2D eigenvalue weighted by atomic mass is 19.1. The van der Waals surface area contributed by atoms with Crippen molar-refractivity contribution in [3.8, 4) is 5.69 Å². The summed E-state index contributed by atoms with van der Waals surface area (Å²) in [6.07, 6.45) is 1.65. The Balaban J connectivity index is 1.76. The van der Waals surface area contributed by atoms with E-state index in [1.807, 2.05) is 0 Å². The van der Waals surface area contributed by atoms with E-state index in [0.717, 1.165) is 4.90 Å². The highest BCUT2D eigenvalue weighted by Crippen LogP contribution is 2.30. The van der Waals surface area contributed by atoms with Gasteiger partial charge < -0.3 is 0 Å². The molecular formula is C17H11FN4O2. The van der Waals surface area contributed by atoms with Gasteiger partial charge in [-0.2, -0.15) is 0 Å². The summed E-state index contributed by atoms with van der Waals surface area (Å²) in [6.45, 7) is 1.77. The molecule has 0 N–H and O–H groups in total. The summed E-state index contributed by atoms with van der Waals surface area (Å²) in [6, 6.07) is 10.6. The van der Waals surface area contributed by atoms with E-state index in [0.29, 0.717) is 11.4 Å². The van der Waals surface area contributed by atoms with E-state index in [-0.39, 0.29) is 16.8 Å². The lowest BCUT2D eigenvalue weighted by Crippen LogP contribution is -2.30. The molecule has 3 aromatic rings. The number of aryl methyl sites for hydroxylation is 1. The van der Waals surface area contributed by atoms with Gasteiger partial charge in [-0.3, -0.25) is 9.59 Å². The smallest absolute Gasteiger partial charge is 0.266 e. The zero-order valence-electron chi connectivity index (χ0n) is 12.6. The van der Waals surface area contributed by atoms with E-state index in [9.17, 15) is 14.0 Å². The molecule has 0 fully saturated rings.